The highest BCUT2D eigenvalue weighted by molar-refractivity contribution is 4.92. The van der Waals surface area contributed by atoms with Crippen molar-refractivity contribution in [1.82, 2.24) is 0 Å². The van der Waals surface area contributed by atoms with Gasteiger partial charge >= 0.3 is 24.4 Å². The standard InChI is InChI=1S/C8H20N.C4HF9/c1-5-9(6-2,7-3)8-4;5-1(6)2(7,8)3(9,10)4(11,12)13/h5-8H2,1-4H3;1H/q+1;. The molecule has 0 bridgehead atoms. The summed E-state index contributed by atoms with van der Waals surface area (Å²) in [4.78, 5) is 0. The lowest BCUT2D eigenvalue weighted by Gasteiger charge is -2.34. The monoisotopic (exact) mass is 350 g/mol. The van der Waals surface area contributed by atoms with Gasteiger partial charge < -0.3 is 4.48 Å². The fraction of sp³-hybridized carbons (Fsp3) is 1.00. The molecule has 0 radical (unpaired) electrons. The highest BCUT2D eigenvalue weighted by Crippen LogP contribution is 2.48. The van der Waals surface area contributed by atoms with Crippen molar-refractivity contribution in [3.8, 4) is 0 Å². The lowest BCUT2D eigenvalue weighted by molar-refractivity contribution is -0.921. The molecule has 10 heteroatoms. The van der Waals surface area contributed by atoms with Gasteiger partial charge in [-0.05, 0) is 27.7 Å². The molecule has 0 N–H and O–H groups in total. The van der Waals surface area contributed by atoms with Crippen LogP contribution in [-0.2, 0) is 0 Å². The molecule has 0 heterocycles. The van der Waals surface area contributed by atoms with E-state index in [4.69, 9.17) is 0 Å². The van der Waals surface area contributed by atoms with Gasteiger partial charge in [0.25, 0.3) is 0 Å². The molecule has 0 aliphatic heterocycles. The van der Waals surface area contributed by atoms with Gasteiger partial charge in [-0.2, -0.15) is 30.7 Å². The van der Waals surface area contributed by atoms with Crippen LogP contribution in [0.25, 0.3) is 0 Å². The summed E-state index contributed by atoms with van der Waals surface area (Å²) in [5.41, 5.74) is 0. The number of rotatable bonds is 6. The molecule has 0 aromatic heterocycles. The molecule has 0 aromatic carbocycles. The number of nitrogens with zero attached hydrogens (tertiary/aromatic N) is 1. The molecule has 0 aromatic rings. The molecule has 0 aliphatic rings. The minimum absolute atomic E-state index is 1.28. The Morgan fingerprint density at radius 1 is 0.682 bits per heavy atom. The summed E-state index contributed by atoms with van der Waals surface area (Å²) < 4.78 is 103. The third-order valence-electron chi connectivity index (χ3n) is 3.73. The Morgan fingerprint density at radius 2 is 0.955 bits per heavy atom. The van der Waals surface area contributed by atoms with E-state index in [1.54, 1.807) is 0 Å². The van der Waals surface area contributed by atoms with E-state index in [0.717, 1.165) is 0 Å². The van der Waals surface area contributed by atoms with Gasteiger partial charge in [-0.3, -0.25) is 0 Å². The van der Waals surface area contributed by atoms with E-state index >= 15 is 0 Å². The number of hydrogen-bond acceptors (Lipinski definition) is 0. The summed E-state index contributed by atoms with van der Waals surface area (Å²) in [6.07, 6.45) is -11.8. The molecule has 1 nitrogen and oxygen atoms in total. The van der Waals surface area contributed by atoms with Crippen LogP contribution < -0.4 is 0 Å². The van der Waals surface area contributed by atoms with Gasteiger partial charge in [-0.15, -0.1) is 0 Å². The van der Waals surface area contributed by atoms with Crippen LogP contribution in [0.1, 0.15) is 27.7 Å². The molecule has 136 valence electrons. The predicted molar refractivity (Wildman–Crippen MR) is 64.4 cm³/mol. The Morgan fingerprint density at radius 3 is 1.00 bits per heavy atom. The highest BCUT2D eigenvalue weighted by Gasteiger charge is 2.76. The van der Waals surface area contributed by atoms with Crippen LogP contribution >= 0.6 is 0 Å². The second-order valence-corrected chi connectivity index (χ2v) is 4.60. The lowest BCUT2D eigenvalue weighted by Crippen LogP contribution is -2.55. The zero-order valence-electron chi connectivity index (χ0n) is 12.8. The van der Waals surface area contributed by atoms with Crippen molar-refractivity contribution in [2.24, 2.45) is 0 Å². The van der Waals surface area contributed by atoms with E-state index in [1.165, 1.54) is 30.7 Å². The van der Waals surface area contributed by atoms with E-state index in [-0.39, 0.29) is 0 Å². The Balaban J connectivity index is 0. The summed E-state index contributed by atoms with van der Waals surface area (Å²) in [5, 5.41) is 0. The maximum atomic E-state index is 11.6. The smallest absolute Gasteiger partial charge is 0.325 e. The first-order valence-corrected chi connectivity index (χ1v) is 6.64. The van der Waals surface area contributed by atoms with Gasteiger partial charge in [0.15, 0.2) is 0 Å². The van der Waals surface area contributed by atoms with Gasteiger partial charge in [0.05, 0.1) is 26.2 Å². The molecular weight excluding hydrogens is 329 g/mol. The van der Waals surface area contributed by atoms with E-state index in [1.807, 2.05) is 0 Å². The van der Waals surface area contributed by atoms with Gasteiger partial charge in [0.1, 0.15) is 0 Å². The fourth-order valence-electron chi connectivity index (χ4n) is 1.67. The Labute approximate surface area is 123 Å². The summed E-state index contributed by atoms with van der Waals surface area (Å²) in [5.74, 6) is -13.1. The SMILES string of the molecule is CC[N+](CC)(CC)CC.FC(F)C(F)(F)C(F)(F)C(F)(F)F. The van der Waals surface area contributed by atoms with E-state index in [0.29, 0.717) is 0 Å². The Kier molecular flexibility index (Phi) is 8.86. The Bertz CT molecular complexity index is 291. The van der Waals surface area contributed by atoms with Crippen LogP contribution in [0.4, 0.5) is 39.5 Å². The van der Waals surface area contributed by atoms with Crippen LogP contribution in [-0.4, -0.2) is 55.1 Å². The summed E-state index contributed by atoms with van der Waals surface area (Å²) in [7, 11) is 0. The summed E-state index contributed by atoms with van der Waals surface area (Å²) in [6.45, 7) is 14.2. The molecule has 0 fully saturated rings. The van der Waals surface area contributed by atoms with E-state index in [9.17, 15) is 39.5 Å². The van der Waals surface area contributed by atoms with Crippen molar-refractivity contribution in [1.29, 1.82) is 0 Å². The molecule has 0 saturated carbocycles. The van der Waals surface area contributed by atoms with Crippen LogP contribution in [0.2, 0.25) is 0 Å². The normalized spacial score (nSPS) is 13.9. The Hall–Kier alpha value is -0.670. The van der Waals surface area contributed by atoms with Crippen LogP contribution in [0, 0.1) is 0 Å². The zero-order chi connectivity index (χ0) is 18.4. The third-order valence-corrected chi connectivity index (χ3v) is 3.73. The van der Waals surface area contributed by atoms with Gasteiger partial charge in [-0.25, -0.2) is 8.78 Å². The number of alkyl halides is 9. The second kappa shape index (κ2) is 8.26. The maximum absolute atomic E-state index is 11.6. The average molecular weight is 350 g/mol. The number of quaternary nitrogens is 1. The molecule has 0 atom stereocenters. The first-order valence-electron chi connectivity index (χ1n) is 6.64. The first kappa shape index (κ1) is 23.6. The predicted octanol–water partition coefficient (Wildman–Crippen LogP) is 4.97. The minimum Gasteiger partial charge on any atom is -0.325 e. The first-order chi connectivity index (χ1) is 9.69. The molecule has 0 rings (SSSR count). The molecular formula is C12H21F9N+. The topological polar surface area (TPSA) is 0 Å². The fourth-order valence-corrected chi connectivity index (χ4v) is 1.67. The van der Waals surface area contributed by atoms with E-state index in [2.05, 4.69) is 27.7 Å². The molecule has 0 saturated heterocycles. The summed E-state index contributed by atoms with van der Waals surface area (Å²) in [6, 6.07) is 0. The van der Waals surface area contributed by atoms with Crippen molar-refractivity contribution in [3.05, 3.63) is 0 Å². The number of hydrogen-bond donors (Lipinski definition) is 0. The molecule has 0 unspecified atom stereocenters. The van der Waals surface area contributed by atoms with Crippen molar-refractivity contribution in [3.63, 3.8) is 0 Å². The van der Waals surface area contributed by atoms with Gasteiger partial charge in [0.2, 0.25) is 0 Å². The quantitative estimate of drug-likeness (QED) is 0.469. The van der Waals surface area contributed by atoms with Crippen LogP contribution in [0.15, 0.2) is 0 Å². The number of halogens is 9. The van der Waals surface area contributed by atoms with Crippen molar-refractivity contribution in [2.75, 3.05) is 26.2 Å². The summed E-state index contributed by atoms with van der Waals surface area (Å²) >= 11 is 0. The highest BCUT2D eigenvalue weighted by atomic mass is 19.4. The second-order valence-electron chi connectivity index (χ2n) is 4.60. The van der Waals surface area contributed by atoms with Crippen molar-refractivity contribution >= 4 is 0 Å². The van der Waals surface area contributed by atoms with Gasteiger partial charge in [0, 0.05) is 0 Å². The van der Waals surface area contributed by atoms with E-state index < -0.39 is 24.4 Å². The third kappa shape index (κ3) is 5.20. The van der Waals surface area contributed by atoms with Crippen LogP contribution in [0.3, 0.4) is 0 Å². The van der Waals surface area contributed by atoms with Gasteiger partial charge in [-0.1, -0.05) is 0 Å². The zero-order valence-corrected chi connectivity index (χ0v) is 12.8. The lowest BCUT2D eigenvalue weighted by atomic mass is 10.2. The van der Waals surface area contributed by atoms with Crippen LogP contribution in [0.5, 0.6) is 0 Å². The molecule has 0 aliphatic carbocycles. The molecule has 0 spiro atoms. The van der Waals surface area contributed by atoms with Crippen molar-refractivity contribution in [2.45, 2.75) is 52.1 Å². The maximum Gasteiger partial charge on any atom is 0.460 e. The van der Waals surface area contributed by atoms with Crippen molar-refractivity contribution < 1.29 is 44.0 Å². The molecule has 22 heavy (non-hydrogen) atoms. The largest absolute Gasteiger partial charge is 0.460 e. The molecule has 0 amide bonds. The average Bonchev–Trinajstić information content (AvgIpc) is 2.41. The minimum atomic E-state index is -6.73.